The van der Waals surface area contributed by atoms with Gasteiger partial charge in [-0.15, -0.1) is 11.3 Å². The van der Waals surface area contributed by atoms with Crippen molar-refractivity contribution in [2.24, 2.45) is 5.92 Å². The Morgan fingerprint density at radius 1 is 0.730 bits per heavy atom. The Morgan fingerprint density at radius 2 is 1.57 bits per heavy atom. The molecular weight excluding hydrogens is 464 g/mol. The molecule has 37 heavy (non-hydrogen) atoms. The SMILES string of the molecule is C1=CC2c3ccccc3C3=C(CC(c4cccc(-c5cccc6c5sc5ccccc56)c4)C=C3)C2CC1. The third-order valence-corrected chi connectivity index (χ3v) is 10.0. The van der Waals surface area contributed by atoms with Crippen LogP contribution in [0.25, 0.3) is 36.9 Å². The van der Waals surface area contributed by atoms with Gasteiger partial charge in [-0.1, -0.05) is 115 Å². The van der Waals surface area contributed by atoms with E-state index in [0.29, 0.717) is 17.8 Å². The van der Waals surface area contributed by atoms with E-state index in [9.17, 15) is 0 Å². The van der Waals surface area contributed by atoms with Crippen LogP contribution < -0.4 is 0 Å². The number of hydrogen-bond donors (Lipinski definition) is 0. The minimum Gasteiger partial charge on any atom is -0.135 e. The second kappa shape index (κ2) is 8.43. The van der Waals surface area contributed by atoms with Crippen LogP contribution in [0.1, 0.15) is 47.8 Å². The van der Waals surface area contributed by atoms with Gasteiger partial charge in [-0.05, 0) is 64.6 Å². The molecule has 3 aliphatic carbocycles. The van der Waals surface area contributed by atoms with Gasteiger partial charge in [-0.2, -0.15) is 0 Å². The maximum Gasteiger partial charge on any atom is 0.0433 e. The van der Waals surface area contributed by atoms with Crippen molar-refractivity contribution >= 4 is 37.1 Å². The molecule has 1 heterocycles. The molecule has 1 aromatic heterocycles. The van der Waals surface area contributed by atoms with E-state index >= 15 is 0 Å². The molecule has 178 valence electrons. The lowest BCUT2D eigenvalue weighted by Crippen LogP contribution is -2.25. The van der Waals surface area contributed by atoms with E-state index in [-0.39, 0.29) is 0 Å². The number of fused-ring (bicyclic) bond motifs is 8. The Balaban J connectivity index is 1.19. The van der Waals surface area contributed by atoms with E-state index in [0.717, 1.165) is 6.42 Å². The number of hydrogen-bond acceptors (Lipinski definition) is 1. The predicted molar refractivity (Wildman–Crippen MR) is 159 cm³/mol. The van der Waals surface area contributed by atoms with E-state index in [1.807, 2.05) is 11.3 Å². The summed E-state index contributed by atoms with van der Waals surface area (Å²) in [7, 11) is 0. The van der Waals surface area contributed by atoms with Gasteiger partial charge in [0, 0.05) is 32.0 Å². The van der Waals surface area contributed by atoms with Crippen LogP contribution in [0.15, 0.2) is 121 Å². The van der Waals surface area contributed by atoms with Crippen molar-refractivity contribution in [2.75, 3.05) is 0 Å². The van der Waals surface area contributed by atoms with Crippen molar-refractivity contribution in [1.29, 1.82) is 0 Å². The smallest absolute Gasteiger partial charge is 0.0433 e. The first-order valence-electron chi connectivity index (χ1n) is 13.5. The molecular formula is C36H28S. The lowest BCUT2D eigenvalue weighted by Gasteiger charge is -2.40. The maximum atomic E-state index is 2.48. The Bertz CT molecular complexity index is 1780. The monoisotopic (exact) mass is 492 g/mol. The highest BCUT2D eigenvalue weighted by Crippen LogP contribution is 2.52. The third-order valence-electron chi connectivity index (χ3n) is 8.79. The van der Waals surface area contributed by atoms with Gasteiger partial charge in [-0.25, -0.2) is 0 Å². The van der Waals surface area contributed by atoms with Crippen molar-refractivity contribution in [3.63, 3.8) is 0 Å². The van der Waals surface area contributed by atoms with Crippen LogP contribution in [-0.4, -0.2) is 0 Å². The Morgan fingerprint density at radius 3 is 2.57 bits per heavy atom. The molecule has 0 spiro atoms. The zero-order chi connectivity index (χ0) is 24.3. The summed E-state index contributed by atoms with van der Waals surface area (Å²) >= 11 is 1.92. The summed E-state index contributed by atoms with van der Waals surface area (Å²) in [6, 6.07) is 34.0. The Labute approximate surface area is 222 Å². The molecule has 0 saturated heterocycles. The summed E-state index contributed by atoms with van der Waals surface area (Å²) in [5, 5.41) is 2.73. The molecule has 0 aliphatic heterocycles. The molecule has 0 bridgehead atoms. The molecule has 0 N–H and O–H groups in total. The van der Waals surface area contributed by atoms with Crippen LogP contribution in [-0.2, 0) is 0 Å². The molecule has 0 saturated carbocycles. The first-order chi connectivity index (χ1) is 18.3. The lowest BCUT2D eigenvalue weighted by atomic mass is 9.64. The average Bonchev–Trinajstić information content (AvgIpc) is 3.36. The van der Waals surface area contributed by atoms with E-state index in [2.05, 4.69) is 115 Å². The summed E-state index contributed by atoms with van der Waals surface area (Å²) < 4.78 is 2.76. The standard InChI is InChI=1S/C36H28S/c1-2-13-29-27(11-1)28-12-3-4-14-30(28)34-22-24(19-20-31(29)34)23-9-7-10-25(21-23)26-16-8-17-33-32-15-5-6-18-35(32)37-36(26)33/h1-3,5-13,15-21,24,28,30H,4,14,22H2. The van der Waals surface area contributed by atoms with Crippen LogP contribution >= 0.6 is 11.3 Å². The number of thiophene rings is 1. The fourth-order valence-corrected chi connectivity index (χ4v) is 8.30. The molecule has 0 radical (unpaired) electrons. The fraction of sp³-hybridized carbons (Fsp3) is 0.167. The van der Waals surface area contributed by atoms with E-state index in [4.69, 9.17) is 0 Å². The zero-order valence-corrected chi connectivity index (χ0v) is 21.5. The Kier molecular flexibility index (Phi) is 4.88. The lowest BCUT2D eigenvalue weighted by molar-refractivity contribution is 0.467. The highest BCUT2D eigenvalue weighted by molar-refractivity contribution is 7.26. The van der Waals surface area contributed by atoms with Crippen LogP contribution in [0.3, 0.4) is 0 Å². The minimum absolute atomic E-state index is 0.428. The molecule has 8 rings (SSSR count). The molecule has 3 unspecified atom stereocenters. The highest BCUT2D eigenvalue weighted by Gasteiger charge is 2.36. The van der Waals surface area contributed by atoms with Gasteiger partial charge in [0.15, 0.2) is 0 Å². The van der Waals surface area contributed by atoms with E-state index in [1.165, 1.54) is 66.4 Å². The van der Waals surface area contributed by atoms with Crippen molar-refractivity contribution in [1.82, 2.24) is 0 Å². The summed E-state index contributed by atoms with van der Waals surface area (Å²) in [4.78, 5) is 0. The Hall–Kier alpha value is -3.68. The van der Waals surface area contributed by atoms with Gasteiger partial charge in [0.1, 0.15) is 0 Å². The van der Waals surface area contributed by atoms with Crippen LogP contribution in [0.4, 0.5) is 0 Å². The molecule has 1 heteroatoms. The van der Waals surface area contributed by atoms with Crippen molar-refractivity contribution < 1.29 is 0 Å². The van der Waals surface area contributed by atoms with E-state index in [1.54, 1.807) is 5.57 Å². The van der Waals surface area contributed by atoms with Crippen LogP contribution in [0.2, 0.25) is 0 Å². The number of rotatable bonds is 2. The quantitative estimate of drug-likeness (QED) is 0.215. The normalized spacial score (nSPS) is 22.2. The van der Waals surface area contributed by atoms with Crippen LogP contribution in [0.5, 0.6) is 0 Å². The molecule has 0 amide bonds. The largest absolute Gasteiger partial charge is 0.135 e. The summed E-state index contributed by atoms with van der Waals surface area (Å²) in [5.74, 6) is 1.60. The molecule has 5 aromatic rings. The molecule has 0 fully saturated rings. The summed E-state index contributed by atoms with van der Waals surface area (Å²) in [5.41, 5.74) is 10.3. The van der Waals surface area contributed by atoms with E-state index < -0.39 is 0 Å². The maximum absolute atomic E-state index is 2.48. The second-order valence-corrected chi connectivity index (χ2v) is 11.8. The van der Waals surface area contributed by atoms with Crippen LogP contribution in [0, 0.1) is 5.92 Å². The van der Waals surface area contributed by atoms with Gasteiger partial charge >= 0.3 is 0 Å². The predicted octanol–water partition coefficient (Wildman–Crippen LogP) is 10.3. The van der Waals surface area contributed by atoms with Gasteiger partial charge in [0.05, 0.1) is 0 Å². The topological polar surface area (TPSA) is 0 Å². The van der Waals surface area contributed by atoms with Gasteiger partial charge in [0.2, 0.25) is 0 Å². The molecule has 4 aromatic carbocycles. The van der Waals surface area contributed by atoms with Crippen molar-refractivity contribution in [3.8, 4) is 11.1 Å². The summed E-state index contributed by atoms with van der Waals surface area (Å²) in [6.45, 7) is 0. The number of benzene rings is 4. The van der Waals surface area contributed by atoms with Crippen molar-refractivity contribution in [2.45, 2.75) is 31.1 Å². The summed E-state index contributed by atoms with van der Waals surface area (Å²) in [6.07, 6.45) is 13.4. The van der Waals surface area contributed by atoms with Gasteiger partial charge in [0.25, 0.3) is 0 Å². The van der Waals surface area contributed by atoms with Gasteiger partial charge < -0.3 is 0 Å². The first-order valence-corrected chi connectivity index (χ1v) is 14.3. The minimum atomic E-state index is 0.428. The first kappa shape index (κ1) is 21.4. The highest BCUT2D eigenvalue weighted by atomic mass is 32.1. The molecule has 3 aliphatic rings. The zero-order valence-electron chi connectivity index (χ0n) is 20.7. The second-order valence-electron chi connectivity index (χ2n) is 10.7. The number of allylic oxidation sites excluding steroid dienone is 6. The molecule has 0 nitrogen and oxygen atoms in total. The third kappa shape index (κ3) is 3.34. The van der Waals surface area contributed by atoms with Gasteiger partial charge in [-0.3, -0.25) is 0 Å². The fourth-order valence-electron chi connectivity index (χ4n) is 7.07. The van der Waals surface area contributed by atoms with Crippen molar-refractivity contribution in [3.05, 3.63) is 138 Å². The average molecular weight is 493 g/mol. The molecule has 3 atom stereocenters.